The first-order chi connectivity index (χ1) is 38.0. The minimum atomic E-state index is -0.788. The van der Waals surface area contributed by atoms with Gasteiger partial charge in [-0.3, -0.25) is 14.4 Å². The molecule has 0 saturated carbocycles. The number of esters is 3. The van der Waals surface area contributed by atoms with E-state index >= 15 is 0 Å². The molecule has 77 heavy (non-hydrogen) atoms. The number of hydrogen-bond acceptors (Lipinski definition) is 6. The Morgan fingerprint density at radius 3 is 0.818 bits per heavy atom. The number of unbranched alkanes of at least 4 members (excludes halogenated alkanes) is 38. The second kappa shape index (κ2) is 65.4. The summed E-state index contributed by atoms with van der Waals surface area (Å²) in [5.74, 6) is -0.892. The Morgan fingerprint density at radius 2 is 0.506 bits per heavy atom. The summed E-state index contributed by atoms with van der Waals surface area (Å²) >= 11 is 0. The highest BCUT2D eigenvalue weighted by Gasteiger charge is 2.19. The predicted molar refractivity (Wildman–Crippen MR) is 335 cm³/mol. The first kappa shape index (κ1) is 73.8. The van der Waals surface area contributed by atoms with Crippen molar-refractivity contribution in [2.75, 3.05) is 13.2 Å². The van der Waals surface area contributed by atoms with Crippen molar-refractivity contribution in [3.63, 3.8) is 0 Å². The average Bonchev–Trinajstić information content (AvgIpc) is 3.43. The highest BCUT2D eigenvalue weighted by Crippen LogP contribution is 2.18. The normalized spacial score (nSPS) is 12.5. The molecule has 6 nitrogen and oxygen atoms in total. The minimum Gasteiger partial charge on any atom is -0.462 e. The zero-order valence-corrected chi connectivity index (χ0v) is 51.2. The largest absolute Gasteiger partial charge is 0.462 e. The van der Waals surface area contributed by atoms with Crippen molar-refractivity contribution in [3.8, 4) is 0 Å². The third kappa shape index (κ3) is 63.6. The maximum Gasteiger partial charge on any atom is 0.306 e. The number of hydrogen-bond donors (Lipinski definition) is 0. The van der Waals surface area contributed by atoms with Gasteiger partial charge in [-0.15, -0.1) is 0 Å². The van der Waals surface area contributed by atoms with Gasteiger partial charge in [-0.2, -0.15) is 0 Å². The average molecular weight is 1080 g/mol. The molecule has 0 aliphatic carbocycles. The summed E-state index contributed by atoms with van der Waals surface area (Å²) in [7, 11) is 0. The van der Waals surface area contributed by atoms with Crippen molar-refractivity contribution in [3.05, 3.63) is 72.9 Å². The highest BCUT2D eigenvalue weighted by molar-refractivity contribution is 5.71. The Labute approximate surface area is 478 Å². The van der Waals surface area contributed by atoms with Crippen LogP contribution in [0.5, 0.6) is 0 Å². The van der Waals surface area contributed by atoms with Gasteiger partial charge in [0, 0.05) is 19.3 Å². The first-order valence-electron chi connectivity index (χ1n) is 33.4. The molecule has 0 fully saturated rings. The molecule has 0 aliphatic rings. The molecule has 1 unspecified atom stereocenters. The van der Waals surface area contributed by atoms with E-state index in [4.69, 9.17) is 14.2 Å². The van der Waals surface area contributed by atoms with Crippen molar-refractivity contribution in [1.82, 2.24) is 0 Å². The van der Waals surface area contributed by atoms with Crippen LogP contribution in [0, 0.1) is 0 Å². The van der Waals surface area contributed by atoms with Crippen molar-refractivity contribution >= 4 is 17.9 Å². The first-order valence-corrected chi connectivity index (χ1v) is 33.4. The van der Waals surface area contributed by atoms with Gasteiger partial charge in [0.05, 0.1) is 0 Å². The molecule has 0 aromatic rings. The Morgan fingerprint density at radius 1 is 0.273 bits per heavy atom. The molecule has 446 valence electrons. The van der Waals surface area contributed by atoms with Gasteiger partial charge in [-0.1, -0.05) is 306 Å². The van der Waals surface area contributed by atoms with Crippen LogP contribution in [-0.2, 0) is 28.6 Å². The van der Waals surface area contributed by atoms with E-state index in [1.54, 1.807) is 0 Å². The number of rotatable bonds is 61. The van der Waals surface area contributed by atoms with Gasteiger partial charge in [-0.25, -0.2) is 0 Å². The Kier molecular flexibility index (Phi) is 62.7. The van der Waals surface area contributed by atoms with Crippen LogP contribution in [0.2, 0.25) is 0 Å². The van der Waals surface area contributed by atoms with Crippen molar-refractivity contribution in [1.29, 1.82) is 0 Å². The number of allylic oxidation sites excluding steroid dienone is 12. The predicted octanol–water partition coefficient (Wildman–Crippen LogP) is 22.9. The Hall–Kier alpha value is -3.15. The van der Waals surface area contributed by atoms with E-state index in [9.17, 15) is 14.4 Å². The molecule has 0 spiro atoms. The standard InChI is InChI=1S/C71H126O6/c1-4-7-10-13-16-19-22-25-28-31-33-34-35-36-38-40-43-46-49-52-55-58-61-64-70(73)76-67-68(66-75-69(72)63-60-57-54-51-48-45-42-39-30-27-24-21-18-15-12-9-6-3)77-71(74)65-62-59-56-53-50-47-44-41-37-32-29-26-23-20-17-14-11-8-5-2/h9,12,17-18,20-21,26-27,29-30,42,45,68H,4-8,10-11,13-16,19,22-25,28,31-41,43-44,46-67H2,1-3H3/b12-9-,20-17-,21-18-,29-26-,30-27-,45-42-. The summed E-state index contributed by atoms with van der Waals surface area (Å²) in [5.41, 5.74) is 0. The molecule has 1 atom stereocenters. The monoisotopic (exact) mass is 1070 g/mol. The van der Waals surface area contributed by atoms with Gasteiger partial charge in [0.15, 0.2) is 6.10 Å². The number of carbonyl (C=O) groups excluding carboxylic acids is 3. The van der Waals surface area contributed by atoms with E-state index < -0.39 is 6.10 Å². The third-order valence-corrected chi connectivity index (χ3v) is 14.7. The smallest absolute Gasteiger partial charge is 0.306 e. The second-order valence-electron chi connectivity index (χ2n) is 22.4. The van der Waals surface area contributed by atoms with Crippen LogP contribution in [0.4, 0.5) is 0 Å². The maximum absolute atomic E-state index is 12.9. The number of carbonyl (C=O) groups is 3. The van der Waals surface area contributed by atoms with E-state index in [1.165, 1.54) is 199 Å². The van der Waals surface area contributed by atoms with E-state index in [0.717, 1.165) is 103 Å². The zero-order chi connectivity index (χ0) is 55.7. The molecule has 6 heteroatoms. The van der Waals surface area contributed by atoms with Crippen molar-refractivity contribution in [2.45, 2.75) is 348 Å². The fraction of sp³-hybridized carbons (Fsp3) is 0.789. The van der Waals surface area contributed by atoms with Crippen LogP contribution in [-0.4, -0.2) is 37.2 Å². The molecule has 0 rings (SSSR count). The van der Waals surface area contributed by atoms with E-state index in [1.807, 2.05) is 0 Å². The maximum atomic E-state index is 12.9. The molecule has 0 bridgehead atoms. The Bertz CT molecular complexity index is 1420. The fourth-order valence-electron chi connectivity index (χ4n) is 9.70. The summed E-state index contributed by atoms with van der Waals surface area (Å²) in [6, 6.07) is 0. The molecular formula is C71H126O6. The van der Waals surface area contributed by atoms with Crippen LogP contribution >= 0.6 is 0 Å². The summed E-state index contributed by atoms with van der Waals surface area (Å²) in [6.07, 6.45) is 84.9. The van der Waals surface area contributed by atoms with E-state index in [0.29, 0.717) is 19.3 Å². The lowest BCUT2D eigenvalue weighted by atomic mass is 10.0. The van der Waals surface area contributed by atoms with Crippen LogP contribution < -0.4 is 0 Å². The molecule has 0 aromatic heterocycles. The summed E-state index contributed by atoms with van der Waals surface area (Å²) in [4.78, 5) is 38.4. The summed E-state index contributed by atoms with van der Waals surface area (Å²) in [6.45, 7) is 6.53. The highest BCUT2D eigenvalue weighted by atomic mass is 16.6. The van der Waals surface area contributed by atoms with Gasteiger partial charge in [0.2, 0.25) is 0 Å². The molecule has 0 aliphatic heterocycles. The van der Waals surface area contributed by atoms with Crippen LogP contribution in [0.1, 0.15) is 342 Å². The fourth-order valence-corrected chi connectivity index (χ4v) is 9.70. The van der Waals surface area contributed by atoms with Gasteiger partial charge < -0.3 is 14.2 Å². The lowest BCUT2D eigenvalue weighted by Crippen LogP contribution is -2.30. The molecule has 0 amide bonds. The van der Waals surface area contributed by atoms with Crippen LogP contribution in [0.25, 0.3) is 0 Å². The van der Waals surface area contributed by atoms with Gasteiger partial charge in [-0.05, 0) is 89.9 Å². The minimum absolute atomic E-state index is 0.0820. The third-order valence-electron chi connectivity index (χ3n) is 14.7. The van der Waals surface area contributed by atoms with Gasteiger partial charge >= 0.3 is 17.9 Å². The van der Waals surface area contributed by atoms with Gasteiger partial charge in [0.25, 0.3) is 0 Å². The quantitative estimate of drug-likeness (QED) is 0.0261. The van der Waals surface area contributed by atoms with E-state index in [-0.39, 0.29) is 31.1 Å². The number of ether oxygens (including phenoxy) is 3. The van der Waals surface area contributed by atoms with Crippen LogP contribution in [0.3, 0.4) is 0 Å². The van der Waals surface area contributed by atoms with Gasteiger partial charge in [0.1, 0.15) is 13.2 Å². The second-order valence-corrected chi connectivity index (χ2v) is 22.4. The molecule has 0 aromatic carbocycles. The lowest BCUT2D eigenvalue weighted by Gasteiger charge is -2.18. The molecule has 0 saturated heterocycles. The zero-order valence-electron chi connectivity index (χ0n) is 51.2. The Balaban J connectivity index is 4.35. The molecule has 0 heterocycles. The summed E-state index contributed by atoms with van der Waals surface area (Å²) in [5, 5.41) is 0. The molecule has 0 radical (unpaired) electrons. The SMILES string of the molecule is CC/C=C\C/C=C\C/C=C\C/C=C\CCCCCCC(=O)OCC(COC(=O)CCCCCCCCCCCCCCCCCCCCCCCCC)OC(=O)CCCCCCCCCCC/C=C\C/C=C\CCCCC. The lowest BCUT2D eigenvalue weighted by molar-refractivity contribution is -0.167. The molecule has 0 N–H and O–H groups in total. The molecular weight excluding hydrogens is 949 g/mol. The van der Waals surface area contributed by atoms with Crippen molar-refractivity contribution in [2.24, 2.45) is 0 Å². The van der Waals surface area contributed by atoms with Crippen LogP contribution in [0.15, 0.2) is 72.9 Å². The van der Waals surface area contributed by atoms with E-state index in [2.05, 4.69) is 93.7 Å². The summed E-state index contributed by atoms with van der Waals surface area (Å²) < 4.78 is 17.0. The topological polar surface area (TPSA) is 78.9 Å². The van der Waals surface area contributed by atoms with Crippen molar-refractivity contribution < 1.29 is 28.6 Å².